The Kier molecular flexibility index (Phi) is 6.62. The van der Waals surface area contributed by atoms with Crippen molar-refractivity contribution in [1.82, 2.24) is 25.5 Å². The number of carbonyl (C=O) groups is 2. The average Bonchev–Trinajstić information content (AvgIpc) is 3.17. The van der Waals surface area contributed by atoms with E-state index in [1.807, 2.05) is 31.2 Å². The largest absolute Gasteiger partial charge is 0.454 e. The summed E-state index contributed by atoms with van der Waals surface area (Å²) in [4.78, 5) is 24.7. The van der Waals surface area contributed by atoms with E-state index >= 15 is 0 Å². The Morgan fingerprint density at radius 2 is 1.90 bits per heavy atom. The molecule has 8 nitrogen and oxygen atoms in total. The predicted molar refractivity (Wildman–Crippen MR) is 102 cm³/mol. The SMILES string of the molecule is Cc1ccc(-c2nnn(CC(=O)OCC(=O)NCCc3ccccc3F)n2)cc1. The van der Waals surface area contributed by atoms with Crippen molar-refractivity contribution in [2.45, 2.75) is 19.9 Å². The molecule has 0 aliphatic heterocycles. The van der Waals surface area contributed by atoms with Gasteiger partial charge in [0.05, 0.1) is 0 Å². The van der Waals surface area contributed by atoms with E-state index in [0.29, 0.717) is 17.8 Å². The van der Waals surface area contributed by atoms with Gasteiger partial charge in [-0.3, -0.25) is 4.79 Å². The first-order valence-corrected chi connectivity index (χ1v) is 9.02. The quantitative estimate of drug-likeness (QED) is 0.581. The average molecular weight is 397 g/mol. The van der Waals surface area contributed by atoms with E-state index in [1.54, 1.807) is 18.2 Å². The molecule has 0 atom stereocenters. The van der Waals surface area contributed by atoms with Crippen LogP contribution in [0.15, 0.2) is 48.5 Å². The summed E-state index contributed by atoms with van der Waals surface area (Å²) < 4.78 is 18.4. The molecule has 0 aliphatic carbocycles. The van der Waals surface area contributed by atoms with Crippen LogP contribution in [0.4, 0.5) is 4.39 Å². The third-order valence-corrected chi connectivity index (χ3v) is 4.07. The molecule has 1 heterocycles. The lowest BCUT2D eigenvalue weighted by atomic mass is 10.1. The van der Waals surface area contributed by atoms with Gasteiger partial charge in [0.25, 0.3) is 5.91 Å². The van der Waals surface area contributed by atoms with Crippen LogP contribution in [-0.4, -0.2) is 45.2 Å². The summed E-state index contributed by atoms with van der Waals surface area (Å²) in [6.07, 6.45) is 0.344. The number of ether oxygens (including phenoxy) is 1. The molecule has 1 N–H and O–H groups in total. The molecule has 0 fully saturated rings. The zero-order valence-electron chi connectivity index (χ0n) is 15.8. The highest BCUT2D eigenvalue weighted by Crippen LogP contribution is 2.13. The Hall–Kier alpha value is -3.62. The van der Waals surface area contributed by atoms with Crippen LogP contribution in [0.5, 0.6) is 0 Å². The van der Waals surface area contributed by atoms with Crippen LogP contribution in [0.3, 0.4) is 0 Å². The molecule has 150 valence electrons. The van der Waals surface area contributed by atoms with Crippen LogP contribution in [0.2, 0.25) is 0 Å². The second-order valence-electron chi connectivity index (χ2n) is 6.36. The molecule has 0 spiro atoms. The molecule has 0 radical (unpaired) electrons. The van der Waals surface area contributed by atoms with Crippen molar-refractivity contribution in [2.75, 3.05) is 13.2 Å². The smallest absolute Gasteiger partial charge is 0.330 e. The summed E-state index contributed by atoms with van der Waals surface area (Å²) in [5.41, 5.74) is 2.40. The minimum atomic E-state index is -0.665. The highest BCUT2D eigenvalue weighted by atomic mass is 19.1. The maximum atomic E-state index is 13.5. The van der Waals surface area contributed by atoms with Gasteiger partial charge in [-0.15, -0.1) is 10.2 Å². The summed E-state index contributed by atoms with van der Waals surface area (Å²) >= 11 is 0. The van der Waals surface area contributed by atoms with Gasteiger partial charge in [0.1, 0.15) is 5.82 Å². The van der Waals surface area contributed by atoms with Gasteiger partial charge in [0.15, 0.2) is 13.2 Å². The van der Waals surface area contributed by atoms with E-state index in [2.05, 4.69) is 20.7 Å². The fraction of sp³-hybridized carbons (Fsp3) is 0.250. The third-order valence-electron chi connectivity index (χ3n) is 4.07. The predicted octanol–water partition coefficient (Wildman–Crippen LogP) is 1.69. The van der Waals surface area contributed by atoms with Gasteiger partial charge in [0.2, 0.25) is 5.82 Å². The van der Waals surface area contributed by atoms with Crippen molar-refractivity contribution in [3.8, 4) is 11.4 Å². The van der Waals surface area contributed by atoms with E-state index in [-0.39, 0.29) is 18.9 Å². The number of amides is 1. The van der Waals surface area contributed by atoms with E-state index < -0.39 is 18.5 Å². The second kappa shape index (κ2) is 9.54. The fourth-order valence-corrected chi connectivity index (χ4v) is 2.52. The number of rotatable bonds is 8. The molecule has 2 aromatic carbocycles. The van der Waals surface area contributed by atoms with Crippen LogP contribution >= 0.6 is 0 Å². The summed E-state index contributed by atoms with van der Waals surface area (Å²) in [5.74, 6) is -1.06. The van der Waals surface area contributed by atoms with Gasteiger partial charge in [-0.25, -0.2) is 9.18 Å². The van der Waals surface area contributed by atoms with Gasteiger partial charge in [-0.05, 0) is 30.2 Å². The molecule has 0 saturated heterocycles. The third kappa shape index (κ3) is 5.93. The van der Waals surface area contributed by atoms with Gasteiger partial charge in [-0.2, -0.15) is 4.80 Å². The zero-order chi connectivity index (χ0) is 20.6. The van der Waals surface area contributed by atoms with Crippen molar-refractivity contribution >= 4 is 11.9 Å². The molecule has 29 heavy (non-hydrogen) atoms. The molecule has 3 aromatic rings. The normalized spacial score (nSPS) is 10.6. The summed E-state index contributed by atoms with van der Waals surface area (Å²) in [5, 5.41) is 14.4. The molecule has 1 aromatic heterocycles. The molecule has 9 heteroatoms. The first-order chi connectivity index (χ1) is 14.0. The van der Waals surface area contributed by atoms with E-state index in [9.17, 15) is 14.0 Å². The fourth-order valence-electron chi connectivity index (χ4n) is 2.52. The van der Waals surface area contributed by atoms with Crippen LogP contribution in [0.25, 0.3) is 11.4 Å². The highest BCUT2D eigenvalue weighted by Gasteiger charge is 2.12. The number of tetrazole rings is 1. The Morgan fingerprint density at radius 3 is 2.66 bits per heavy atom. The molecular formula is C20H20FN5O3. The van der Waals surface area contributed by atoms with Crippen molar-refractivity contribution in [2.24, 2.45) is 0 Å². The first-order valence-electron chi connectivity index (χ1n) is 9.02. The summed E-state index contributed by atoms with van der Waals surface area (Å²) in [6.45, 7) is 1.51. The maximum Gasteiger partial charge on any atom is 0.330 e. The molecule has 0 saturated carbocycles. The van der Waals surface area contributed by atoms with Gasteiger partial charge in [-0.1, -0.05) is 48.0 Å². The zero-order valence-corrected chi connectivity index (χ0v) is 15.8. The molecule has 0 unspecified atom stereocenters. The number of aromatic nitrogens is 4. The van der Waals surface area contributed by atoms with Gasteiger partial charge < -0.3 is 10.1 Å². The van der Waals surface area contributed by atoms with Gasteiger partial charge in [0, 0.05) is 12.1 Å². The maximum absolute atomic E-state index is 13.5. The number of nitrogens with one attached hydrogen (secondary N) is 1. The Bertz CT molecular complexity index is 988. The Morgan fingerprint density at radius 1 is 1.14 bits per heavy atom. The molecule has 0 bridgehead atoms. The monoisotopic (exact) mass is 397 g/mol. The van der Waals surface area contributed by atoms with Crippen LogP contribution in [0.1, 0.15) is 11.1 Å². The summed E-state index contributed by atoms with van der Waals surface area (Å²) in [6, 6.07) is 13.9. The van der Waals surface area contributed by atoms with Crippen molar-refractivity contribution < 1.29 is 18.7 Å². The number of hydrogen-bond donors (Lipinski definition) is 1. The van der Waals surface area contributed by atoms with Crippen molar-refractivity contribution in [3.05, 3.63) is 65.5 Å². The standard InChI is InChI=1S/C20H20FN5O3/c1-14-6-8-16(9-7-14)20-23-25-26(24-20)12-19(28)29-13-18(27)22-11-10-15-4-2-3-5-17(15)21/h2-9H,10-13H2,1H3,(H,22,27). The van der Waals surface area contributed by atoms with Crippen LogP contribution < -0.4 is 5.32 Å². The molecule has 1 amide bonds. The van der Waals surface area contributed by atoms with Crippen molar-refractivity contribution in [1.29, 1.82) is 0 Å². The Balaban J connectivity index is 1.40. The second-order valence-corrected chi connectivity index (χ2v) is 6.36. The highest BCUT2D eigenvalue weighted by molar-refractivity contribution is 5.80. The van der Waals surface area contributed by atoms with Gasteiger partial charge >= 0.3 is 5.97 Å². The Labute approximate surface area is 166 Å². The summed E-state index contributed by atoms with van der Waals surface area (Å²) in [7, 11) is 0. The first kappa shape index (κ1) is 20.1. The number of benzene rings is 2. The number of halogens is 1. The number of nitrogens with zero attached hydrogens (tertiary/aromatic N) is 4. The minimum absolute atomic E-state index is 0.238. The lowest BCUT2D eigenvalue weighted by Crippen LogP contribution is -2.31. The topological polar surface area (TPSA) is 99.0 Å². The van der Waals surface area contributed by atoms with E-state index in [4.69, 9.17) is 4.74 Å². The number of carbonyl (C=O) groups excluding carboxylic acids is 2. The van der Waals surface area contributed by atoms with Crippen LogP contribution in [0, 0.1) is 12.7 Å². The van der Waals surface area contributed by atoms with Crippen molar-refractivity contribution in [3.63, 3.8) is 0 Å². The molecular weight excluding hydrogens is 377 g/mol. The minimum Gasteiger partial charge on any atom is -0.454 e. The van der Waals surface area contributed by atoms with Crippen LogP contribution in [-0.2, 0) is 27.3 Å². The van der Waals surface area contributed by atoms with E-state index in [0.717, 1.165) is 15.9 Å². The number of hydrogen-bond acceptors (Lipinski definition) is 6. The lowest BCUT2D eigenvalue weighted by Gasteiger charge is -2.07. The number of esters is 1. The molecule has 3 rings (SSSR count). The molecule has 0 aliphatic rings. The van der Waals surface area contributed by atoms with E-state index in [1.165, 1.54) is 6.07 Å². The number of aryl methyl sites for hydroxylation is 1. The lowest BCUT2D eigenvalue weighted by molar-refractivity contribution is -0.149.